The highest BCUT2D eigenvalue weighted by Gasteiger charge is 2.18. The van der Waals surface area contributed by atoms with E-state index in [2.05, 4.69) is 31.2 Å². The fraction of sp³-hybridized carbons (Fsp3) is 0.160. The van der Waals surface area contributed by atoms with Gasteiger partial charge in [0.25, 0.3) is 0 Å². The minimum atomic E-state index is 0.632. The summed E-state index contributed by atoms with van der Waals surface area (Å²) in [6.45, 7) is 2.09. The van der Waals surface area contributed by atoms with Crippen LogP contribution in [-0.4, -0.2) is 33.8 Å². The van der Waals surface area contributed by atoms with E-state index >= 15 is 0 Å². The van der Waals surface area contributed by atoms with Gasteiger partial charge in [0, 0.05) is 22.8 Å². The zero-order chi connectivity index (χ0) is 22.1. The Kier molecular flexibility index (Phi) is 5.41. The number of benzene rings is 3. The van der Waals surface area contributed by atoms with E-state index in [0.29, 0.717) is 17.3 Å². The van der Waals surface area contributed by atoms with E-state index in [1.807, 2.05) is 47.0 Å². The summed E-state index contributed by atoms with van der Waals surface area (Å²) in [5.41, 5.74) is 4.95. The van der Waals surface area contributed by atoms with E-state index in [9.17, 15) is 0 Å². The largest absolute Gasteiger partial charge is 0.493 e. The predicted molar refractivity (Wildman–Crippen MR) is 128 cm³/mol. The van der Waals surface area contributed by atoms with E-state index in [4.69, 9.17) is 24.5 Å². The standard InChI is InChI=1S/C25H22N4O2S/c1-16-9-11-17(12-10-16)15-32-25-26-20-14-22(31-3)21(30-2)13-19(20)24-27-23(28-29(24)25)18-7-5-4-6-8-18/h4-14H,15H2,1-3H3. The van der Waals surface area contributed by atoms with Crippen LogP contribution in [0.5, 0.6) is 11.5 Å². The summed E-state index contributed by atoms with van der Waals surface area (Å²) in [4.78, 5) is 9.79. The number of hydrogen-bond acceptors (Lipinski definition) is 6. The van der Waals surface area contributed by atoms with Gasteiger partial charge in [0.05, 0.1) is 19.7 Å². The van der Waals surface area contributed by atoms with Crippen molar-refractivity contribution in [1.29, 1.82) is 0 Å². The fourth-order valence-electron chi connectivity index (χ4n) is 3.55. The number of ether oxygens (including phenoxy) is 2. The Labute approximate surface area is 190 Å². The molecule has 160 valence electrons. The molecule has 0 amide bonds. The van der Waals surface area contributed by atoms with E-state index < -0.39 is 0 Å². The molecule has 0 spiro atoms. The maximum Gasteiger partial charge on any atom is 0.191 e. The number of methoxy groups -OCH3 is 2. The lowest BCUT2D eigenvalue weighted by Gasteiger charge is -2.11. The summed E-state index contributed by atoms with van der Waals surface area (Å²) in [6, 6.07) is 22.3. The molecule has 0 saturated heterocycles. The van der Waals surface area contributed by atoms with Crippen LogP contribution in [0.25, 0.3) is 27.9 Å². The number of aryl methyl sites for hydroxylation is 1. The normalized spacial score (nSPS) is 11.2. The average molecular weight is 443 g/mol. The van der Waals surface area contributed by atoms with Gasteiger partial charge in [-0.1, -0.05) is 71.9 Å². The van der Waals surface area contributed by atoms with Gasteiger partial charge in [0.1, 0.15) is 0 Å². The number of nitrogens with zero attached hydrogens (tertiary/aromatic N) is 4. The quantitative estimate of drug-likeness (QED) is 0.253. The average Bonchev–Trinajstić information content (AvgIpc) is 3.29. The lowest BCUT2D eigenvalue weighted by atomic mass is 10.2. The molecule has 0 unspecified atom stereocenters. The van der Waals surface area contributed by atoms with Gasteiger partial charge < -0.3 is 9.47 Å². The molecule has 2 heterocycles. The molecule has 0 aliphatic rings. The highest BCUT2D eigenvalue weighted by atomic mass is 32.2. The van der Waals surface area contributed by atoms with Crippen molar-refractivity contribution < 1.29 is 9.47 Å². The molecule has 0 aliphatic carbocycles. The topological polar surface area (TPSA) is 61.5 Å². The molecule has 5 rings (SSSR count). The Balaban J connectivity index is 1.67. The van der Waals surface area contributed by atoms with E-state index in [0.717, 1.165) is 33.0 Å². The summed E-state index contributed by atoms with van der Waals surface area (Å²) < 4.78 is 12.8. The van der Waals surface area contributed by atoms with Crippen molar-refractivity contribution in [1.82, 2.24) is 19.6 Å². The van der Waals surface area contributed by atoms with Gasteiger partial charge >= 0.3 is 0 Å². The molecule has 0 fully saturated rings. The minimum Gasteiger partial charge on any atom is -0.493 e. The summed E-state index contributed by atoms with van der Waals surface area (Å²) in [5, 5.41) is 6.44. The maximum atomic E-state index is 5.51. The van der Waals surface area contributed by atoms with Crippen LogP contribution >= 0.6 is 11.8 Å². The second-order valence-corrected chi connectivity index (χ2v) is 8.37. The summed E-state index contributed by atoms with van der Waals surface area (Å²) in [5.74, 6) is 2.70. The molecular weight excluding hydrogens is 420 g/mol. The number of aromatic nitrogens is 4. The Morgan fingerprint density at radius 1 is 0.875 bits per heavy atom. The monoisotopic (exact) mass is 442 g/mol. The zero-order valence-corrected chi connectivity index (χ0v) is 18.9. The van der Waals surface area contributed by atoms with Crippen molar-refractivity contribution in [2.75, 3.05) is 14.2 Å². The lowest BCUT2D eigenvalue weighted by Crippen LogP contribution is -2.00. The SMILES string of the molecule is COc1cc2nc(SCc3ccc(C)cc3)n3nc(-c4ccccc4)nc3c2cc1OC. The fourth-order valence-corrected chi connectivity index (χ4v) is 4.45. The van der Waals surface area contributed by atoms with Crippen molar-refractivity contribution in [3.05, 3.63) is 77.9 Å². The molecule has 0 radical (unpaired) electrons. The Morgan fingerprint density at radius 3 is 2.31 bits per heavy atom. The van der Waals surface area contributed by atoms with Gasteiger partial charge in [-0.05, 0) is 18.6 Å². The third-order valence-corrected chi connectivity index (χ3v) is 6.27. The molecule has 6 nitrogen and oxygen atoms in total. The smallest absolute Gasteiger partial charge is 0.191 e. The first kappa shape index (κ1) is 20.3. The van der Waals surface area contributed by atoms with Gasteiger partial charge in [-0.2, -0.15) is 4.52 Å². The summed E-state index contributed by atoms with van der Waals surface area (Å²) >= 11 is 1.63. The van der Waals surface area contributed by atoms with Crippen molar-refractivity contribution in [3.63, 3.8) is 0 Å². The first-order valence-electron chi connectivity index (χ1n) is 10.2. The van der Waals surface area contributed by atoms with Gasteiger partial charge in [-0.15, -0.1) is 5.10 Å². The number of hydrogen-bond donors (Lipinski definition) is 0. The molecule has 0 aliphatic heterocycles. The predicted octanol–water partition coefficient (Wildman–Crippen LogP) is 5.56. The highest BCUT2D eigenvalue weighted by molar-refractivity contribution is 7.98. The van der Waals surface area contributed by atoms with Crippen molar-refractivity contribution in [2.24, 2.45) is 0 Å². The molecule has 3 aromatic carbocycles. The van der Waals surface area contributed by atoms with Crippen LogP contribution in [0, 0.1) is 6.92 Å². The van der Waals surface area contributed by atoms with Gasteiger partial charge in [0.15, 0.2) is 28.1 Å². The molecule has 0 bridgehead atoms. The summed E-state index contributed by atoms with van der Waals surface area (Å²) in [7, 11) is 3.25. The molecule has 2 aromatic heterocycles. The molecule has 5 aromatic rings. The maximum absolute atomic E-state index is 5.51. The van der Waals surface area contributed by atoms with E-state index in [-0.39, 0.29) is 0 Å². The van der Waals surface area contributed by atoms with Crippen LogP contribution in [0.1, 0.15) is 11.1 Å². The first-order valence-corrected chi connectivity index (χ1v) is 11.2. The van der Waals surface area contributed by atoms with Crippen LogP contribution in [0.15, 0.2) is 71.9 Å². The van der Waals surface area contributed by atoms with Crippen molar-refractivity contribution >= 4 is 28.3 Å². The number of thioether (sulfide) groups is 1. The molecule has 32 heavy (non-hydrogen) atoms. The molecule has 7 heteroatoms. The lowest BCUT2D eigenvalue weighted by molar-refractivity contribution is 0.355. The first-order chi connectivity index (χ1) is 15.7. The number of rotatable bonds is 6. The van der Waals surface area contributed by atoms with Crippen LogP contribution in [0.4, 0.5) is 0 Å². The van der Waals surface area contributed by atoms with Crippen LogP contribution in [-0.2, 0) is 5.75 Å². The van der Waals surface area contributed by atoms with Crippen LogP contribution in [0.2, 0.25) is 0 Å². The van der Waals surface area contributed by atoms with Gasteiger partial charge in [-0.3, -0.25) is 0 Å². The number of fused-ring (bicyclic) bond motifs is 3. The second kappa shape index (κ2) is 8.51. The van der Waals surface area contributed by atoms with E-state index in [1.54, 1.807) is 26.0 Å². The van der Waals surface area contributed by atoms with Crippen LogP contribution in [0.3, 0.4) is 0 Å². The molecule has 0 N–H and O–H groups in total. The van der Waals surface area contributed by atoms with Crippen molar-refractivity contribution in [2.45, 2.75) is 17.8 Å². The third kappa shape index (κ3) is 3.76. The zero-order valence-electron chi connectivity index (χ0n) is 18.1. The molecular formula is C25H22N4O2S. The third-order valence-electron chi connectivity index (χ3n) is 5.27. The summed E-state index contributed by atoms with van der Waals surface area (Å²) in [6.07, 6.45) is 0. The highest BCUT2D eigenvalue weighted by Crippen LogP contribution is 2.35. The second-order valence-electron chi connectivity index (χ2n) is 7.43. The van der Waals surface area contributed by atoms with Gasteiger partial charge in [0.2, 0.25) is 0 Å². The minimum absolute atomic E-state index is 0.632. The van der Waals surface area contributed by atoms with Crippen LogP contribution < -0.4 is 9.47 Å². The Hall–Kier alpha value is -3.58. The Morgan fingerprint density at radius 2 is 1.59 bits per heavy atom. The molecule has 0 atom stereocenters. The Bertz CT molecular complexity index is 1400. The van der Waals surface area contributed by atoms with E-state index in [1.165, 1.54) is 11.1 Å². The van der Waals surface area contributed by atoms with Gasteiger partial charge in [-0.25, -0.2) is 9.97 Å². The molecule has 0 saturated carbocycles. The van der Waals surface area contributed by atoms with Crippen molar-refractivity contribution in [3.8, 4) is 22.9 Å².